The van der Waals surface area contributed by atoms with Gasteiger partial charge in [0.05, 0.1) is 6.61 Å². The van der Waals surface area contributed by atoms with E-state index < -0.39 is 0 Å². The molecule has 2 aliphatic rings. The molecule has 0 unspecified atom stereocenters. The third-order valence-electron chi connectivity index (χ3n) is 4.08. The van der Waals surface area contributed by atoms with Gasteiger partial charge in [-0.2, -0.15) is 0 Å². The van der Waals surface area contributed by atoms with Gasteiger partial charge >= 0.3 is 0 Å². The summed E-state index contributed by atoms with van der Waals surface area (Å²) in [4.78, 5) is 0. The zero-order valence-electron chi connectivity index (χ0n) is 13.5. The normalized spacial score (nSPS) is 14.6. The van der Waals surface area contributed by atoms with Crippen molar-refractivity contribution in [2.75, 3.05) is 6.61 Å². The molecule has 2 heterocycles. The minimum absolute atomic E-state index is 0.333. The second kappa shape index (κ2) is 7.87. The van der Waals surface area contributed by atoms with Crippen molar-refractivity contribution in [2.45, 2.75) is 33.1 Å². The molecule has 3 N–H and O–H groups in total. The predicted molar refractivity (Wildman–Crippen MR) is 102 cm³/mol. The van der Waals surface area contributed by atoms with Gasteiger partial charge in [0.15, 0.2) is 0 Å². The maximum Gasteiger partial charge on any atom is 0.120 e. The number of rotatable bonds is 2. The lowest BCUT2D eigenvalue weighted by atomic mass is 10.1. The minimum Gasteiger partial charge on any atom is -0.508 e. The van der Waals surface area contributed by atoms with Crippen LogP contribution in [0.15, 0.2) is 33.2 Å². The number of ether oxygens (including phenoxy) is 1. The number of benzene rings is 2. The minimum atomic E-state index is 0.333. The van der Waals surface area contributed by atoms with Crippen LogP contribution in [0.5, 0.6) is 11.5 Å². The summed E-state index contributed by atoms with van der Waals surface area (Å²) >= 11 is 6.95. The standard InChI is InChI=1S/C10H12BrNO.C8H8BrNO/c1-2-13-8-3-7-5-12-6-9(7)10(11)4-8;9-8-2-6(11)1-5-3-10-4-7(5)8/h3-4,12H,2,5-6H2,1H3;1-2,10-11H,3-4H2. The summed E-state index contributed by atoms with van der Waals surface area (Å²) in [5.41, 5.74) is 5.17. The molecule has 24 heavy (non-hydrogen) atoms. The topological polar surface area (TPSA) is 53.5 Å². The van der Waals surface area contributed by atoms with Crippen LogP contribution < -0.4 is 15.4 Å². The van der Waals surface area contributed by atoms with Crippen molar-refractivity contribution < 1.29 is 9.84 Å². The van der Waals surface area contributed by atoms with Crippen molar-refractivity contribution in [2.24, 2.45) is 0 Å². The molecule has 0 saturated heterocycles. The fourth-order valence-corrected chi connectivity index (χ4v) is 4.20. The summed E-state index contributed by atoms with van der Waals surface area (Å²) in [6, 6.07) is 7.69. The monoisotopic (exact) mass is 454 g/mol. The van der Waals surface area contributed by atoms with Gasteiger partial charge in [-0.25, -0.2) is 0 Å². The number of hydrogen-bond donors (Lipinski definition) is 3. The Bertz CT molecular complexity index is 750. The third kappa shape index (κ3) is 3.94. The summed E-state index contributed by atoms with van der Waals surface area (Å²) in [5.74, 6) is 1.29. The summed E-state index contributed by atoms with van der Waals surface area (Å²) in [6.45, 7) is 6.40. The van der Waals surface area contributed by atoms with E-state index in [0.29, 0.717) is 5.75 Å². The highest BCUT2D eigenvalue weighted by molar-refractivity contribution is 9.10. The molecule has 128 valence electrons. The van der Waals surface area contributed by atoms with Crippen molar-refractivity contribution in [1.29, 1.82) is 0 Å². The van der Waals surface area contributed by atoms with E-state index in [1.165, 1.54) is 22.3 Å². The summed E-state index contributed by atoms with van der Waals surface area (Å²) < 4.78 is 7.60. The Hall–Kier alpha value is -1.08. The van der Waals surface area contributed by atoms with Gasteiger partial charge in [0.2, 0.25) is 0 Å². The highest BCUT2D eigenvalue weighted by atomic mass is 79.9. The molecule has 2 aromatic rings. The molecule has 6 heteroatoms. The van der Waals surface area contributed by atoms with Crippen molar-refractivity contribution in [3.8, 4) is 11.5 Å². The van der Waals surface area contributed by atoms with Gasteiger partial charge in [0.25, 0.3) is 0 Å². The van der Waals surface area contributed by atoms with Crippen LogP contribution in [0.4, 0.5) is 0 Å². The van der Waals surface area contributed by atoms with Gasteiger partial charge in [0.1, 0.15) is 11.5 Å². The van der Waals surface area contributed by atoms with E-state index in [2.05, 4.69) is 48.6 Å². The Morgan fingerprint density at radius 3 is 2.12 bits per heavy atom. The molecule has 4 rings (SSSR count). The van der Waals surface area contributed by atoms with E-state index in [1.807, 2.05) is 13.0 Å². The lowest BCUT2D eigenvalue weighted by Crippen LogP contribution is -2.00. The highest BCUT2D eigenvalue weighted by Crippen LogP contribution is 2.30. The first-order chi connectivity index (χ1) is 11.6. The van der Waals surface area contributed by atoms with Crippen molar-refractivity contribution in [3.05, 3.63) is 55.5 Å². The zero-order chi connectivity index (χ0) is 17.1. The second-order valence-corrected chi connectivity index (χ2v) is 7.46. The van der Waals surface area contributed by atoms with Gasteiger partial charge in [-0.3, -0.25) is 0 Å². The Morgan fingerprint density at radius 2 is 1.50 bits per heavy atom. The number of phenolic OH excluding ortho intramolecular Hbond substituents is 1. The number of aromatic hydroxyl groups is 1. The Morgan fingerprint density at radius 1 is 0.917 bits per heavy atom. The average Bonchev–Trinajstić information content (AvgIpc) is 3.17. The quantitative estimate of drug-likeness (QED) is 0.634. The number of halogens is 2. The largest absolute Gasteiger partial charge is 0.508 e. The molecule has 0 spiro atoms. The lowest BCUT2D eigenvalue weighted by molar-refractivity contribution is 0.339. The molecule has 2 aromatic carbocycles. The van der Waals surface area contributed by atoms with Crippen molar-refractivity contribution in [3.63, 3.8) is 0 Å². The predicted octanol–water partition coefficient (Wildman–Crippen LogP) is 4.21. The number of fused-ring (bicyclic) bond motifs is 2. The maximum absolute atomic E-state index is 9.22. The molecule has 0 atom stereocenters. The van der Waals surface area contributed by atoms with Crippen molar-refractivity contribution >= 4 is 31.9 Å². The van der Waals surface area contributed by atoms with Gasteiger partial charge in [-0.15, -0.1) is 0 Å². The Labute approximate surface area is 158 Å². The molecule has 2 aliphatic heterocycles. The first-order valence-corrected chi connectivity index (χ1v) is 9.53. The third-order valence-corrected chi connectivity index (χ3v) is 5.49. The molecule has 0 radical (unpaired) electrons. The fraction of sp³-hybridized carbons (Fsp3) is 0.333. The second-order valence-electron chi connectivity index (χ2n) is 5.75. The van der Waals surface area contributed by atoms with E-state index in [-0.39, 0.29) is 0 Å². The molecule has 0 bridgehead atoms. The van der Waals surface area contributed by atoms with E-state index in [1.54, 1.807) is 12.1 Å². The van der Waals surface area contributed by atoms with Gasteiger partial charge in [-0.05, 0) is 53.4 Å². The molecule has 0 fully saturated rings. The summed E-state index contributed by atoms with van der Waals surface area (Å²) in [5, 5.41) is 15.7. The molecule has 0 aromatic heterocycles. The molecule has 4 nitrogen and oxygen atoms in total. The highest BCUT2D eigenvalue weighted by Gasteiger charge is 2.15. The van der Waals surface area contributed by atoms with Crippen LogP contribution in [0.25, 0.3) is 0 Å². The fourth-order valence-electron chi connectivity index (χ4n) is 2.95. The van der Waals surface area contributed by atoms with Gasteiger partial charge in [-0.1, -0.05) is 31.9 Å². The molecule has 0 saturated carbocycles. The van der Waals surface area contributed by atoms with Crippen LogP contribution in [0, 0.1) is 0 Å². The molecule has 0 aliphatic carbocycles. The Balaban J connectivity index is 0.000000143. The molecule has 0 amide bonds. The van der Waals surface area contributed by atoms with Gasteiger partial charge < -0.3 is 20.5 Å². The Kier molecular flexibility index (Phi) is 5.81. The van der Waals surface area contributed by atoms with E-state index >= 15 is 0 Å². The first kappa shape index (κ1) is 17.7. The van der Waals surface area contributed by atoms with Crippen LogP contribution >= 0.6 is 31.9 Å². The van der Waals surface area contributed by atoms with Gasteiger partial charge in [0, 0.05) is 35.1 Å². The molecular formula is C18H20Br2N2O2. The van der Waals surface area contributed by atoms with Crippen LogP contribution in [-0.2, 0) is 26.2 Å². The zero-order valence-corrected chi connectivity index (χ0v) is 16.6. The summed E-state index contributed by atoms with van der Waals surface area (Å²) in [6.07, 6.45) is 0. The van der Waals surface area contributed by atoms with Crippen molar-refractivity contribution in [1.82, 2.24) is 10.6 Å². The number of hydrogen-bond acceptors (Lipinski definition) is 4. The first-order valence-electron chi connectivity index (χ1n) is 7.94. The van der Waals surface area contributed by atoms with Crippen LogP contribution in [0.2, 0.25) is 0 Å². The lowest BCUT2D eigenvalue weighted by Gasteiger charge is -2.07. The van der Waals surface area contributed by atoms with E-state index in [9.17, 15) is 5.11 Å². The number of nitrogens with one attached hydrogen (secondary N) is 2. The van der Waals surface area contributed by atoms with Crippen LogP contribution in [0.1, 0.15) is 29.2 Å². The van der Waals surface area contributed by atoms with Crippen LogP contribution in [0.3, 0.4) is 0 Å². The van der Waals surface area contributed by atoms with Crippen LogP contribution in [-0.4, -0.2) is 11.7 Å². The van der Waals surface area contributed by atoms with E-state index in [4.69, 9.17) is 4.74 Å². The smallest absolute Gasteiger partial charge is 0.120 e. The summed E-state index contributed by atoms with van der Waals surface area (Å²) in [7, 11) is 0. The maximum atomic E-state index is 9.22. The van der Waals surface area contributed by atoms with E-state index in [0.717, 1.165) is 47.5 Å². The average molecular weight is 456 g/mol. The molecular weight excluding hydrogens is 436 g/mol. The number of phenols is 1. The SMILES string of the molecule is CCOc1cc(Br)c2c(c1)CNC2.Oc1cc(Br)c2c(c1)CNC2.